The number of likely N-dealkylation sites (N-methyl/N-ethyl adjacent to an activating group) is 2. The fourth-order valence-electron chi connectivity index (χ4n) is 2.29. The van der Waals surface area contributed by atoms with Crippen molar-refractivity contribution < 1.29 is 4.39 Å². The van der Waals surface area contributed by atoms with Crippen LogP contribution in [0, 0.1) is 11.2 Å². The molecule has 0 aliphatic heterocycles. The van der Waals surface area contributed by atoms with Gasteiger partial charge in [0.2, 0.25) is 0 Å². The highest BCUT2D eigenvalue weighted by Gasteiger charge is 2.19. The molecule has 0 amide bonds. The molecule has 0 bridgehead atoms. The normalized spacial score (nSPS) is 13.9. The molecule has 0 saturated carbocycles. The van der Waals surface area contributed by atoms with E-state index in [1.807, 2.05) is 19.2 Å². The third-order valence-corrected chi connectivity index (χ3v) is 2.87. The van der Waals surface area contributed by atoms with Crippen LogP contribution in [0.5, 0.6) is 0 Å². The van der Waals surface area contributed by atoms with Crippen LogP contribution >= 0.6 is 0 Å². The second-order valence-corrected chi connectivity index (χ2v) is 6.12. The number of nitrogens with zero attached hydrogens (tertiary/aromatic N) is 1. The first kappa shape index (κ1) is 15.1. The standard InChI is InChI=1S/C15H25FN2/c1-15(2,3)11-18(5)10-14(17-4)12-8-6-7-9-13(12)16/h6-9,14,17H,10-11H2,1-5H3. The minimum absolute atomic E-state index is 0.0264. The summed E-state index contributed by atoms with van der Waals surface area (Å²) in [7, 11) is 3.96. The Labute approximate surface area is 110 Å². The Morgan fingerprint density at radius 2 is 1.89 bits per heavy atom. The molecule has 1 N–H and O–H groups in total. The van der Waals surface area contributed by atoms with E-state index in [0.717, 1.165) is 18.7 Å². The molecule has 18 heavy (non-hydrogen) atoms. The Morgan fingerprint density at radius 1 is 1.28 bits per heavy atom. The maximum atomic E-state index is 13.8. The van der Waals surface area contributed by atoms with Gasteiger partial charge in [0.25, 0.3) is 0 Å². The molecule has 0 spiro atoms. The van der Waals surface area contributed by atoms with Gasteiger partial charge in [0, 0.05) is 24.7 Å². The van der Waals surface area contributed by atoms with Crippen LogP contribution in [0.1, 0.15) is 32.4 Å². The first-order valence-corrected chi connectivity index (χ1v) is 6.44. The van der Waals surface area contributed by atoms with Gasteiger partial charge >= 0.3 is 0 Å². The number of hydrogen-bond acceptors (Lipinski definition) is 2. The van der Waals surface area contributed by atoms with E-state index >= 15 is 0 Å². The van der Waals surface area contributed by atoms with Gasteiger partial charge in [0.1, 0.15) is 5.82 Å². The topological polar surface area (TPSA) is 15.3 Å². The van der Waals surface area contributed by atoms with Crippen LogP contribution in [0.3, 0.4) is 0 Å². The Bertz CT molecular complexity index is 371. The molecule has 1 rings (SSSR count). The Kier molecular flexibility index (Phi) is 5.29. The van der Waals surface area contributed by atoms with Crippen molar-refractivity contribution in [3.63, 3.8) is 0 Å². The van der Waals surface area contributed by atoms with Gasteiger partial charge in [-0.25, -0.2) is 4.39 Å². The van der Waals surface area contributed by atoms with E-state index < -0.39 is 0 Å². The van der Waals surface area contributed by atoms with Crippen molar-refractivity contribution in [2.45, 2.75) is 26.8 Å². The van der Waals surface area contributed by atoms with Crippen LogP contribution in [0.25, 0.3) is 0 Å². The predicted molar refractivity (Wildman–Crippen MR) is 75.2 cm³/mol. The monoisotopic (exact) mass is 252 g/mol. The maximum absolute atomic E-state index is 13.8. The molecule has 1 unspecified atom stereocenters. The van der Waals surface area contributed by atoms with Crippen molar-refractivity contribution in [2.75, 3.05) is 27.2 Å². The lowest BCUT2D eigenvalue weighted by atomic mass is 9.95. The van der Waals surface area contributed by atoms with Crippen LogP contribution in [0.15, 0.2) is 24.3 Å². The van der Waals surface area contributed by atoms with Crippen LogP contribution in [-0.2, 0) is 0 Å². The highest BCUT2D eigenvalue weighted by atomic mass is 19.1. The largest absolute Gasteiger partial charge is 0.312 e. The molecular weight excluding hydrogens is 227 g/mol. The molecule has 0 radical (unpaired) electrons. The van der Waals surface area contributed by atoms with E-state index in [1.165, 1.54) is 6.07 Å². The zero-order chi connectivity index (χ0) is 13.8. The molecule has 1 aromatic rings. The third kappa shape index (κ3) is 4.75. The van der Waals surface area contributed by atoms with E-state index in [9.17, 15) is 4.39 Å². The SMILES string of the molecule is CNC(CN(C)CC(C)(C)C)c1ccccc1F. The first-order valence-electron chi connectivity index (χ1n) is 6.44. The van der Waals surface area contributed by atoms with Crippen LogP contribution in [-0.4, -0.2) is 32.1 Å². The van der Waals surface area contributed by atoms with Crippen molar-refractivity contribution in [1.29, 1.82) is 0 Å². The average molecular weight is 252 g/mol. The van der Waals surface area contributed by atoms with E-state index in [2.05, 4.69) is 38.0 Å². The predicted octanol–water partition coefficient (Wildman–Crippen LogP) is 3.06. The average Bonchev–Trinajstić information content (AvgIpc) is 2.24. The molecule has 0 aliphatic carbocycles. The molecule has 102 valence electrons. The number of benzene rings is 1. The van der Waals surface area contributed by atoms with Gasteiger partial charge in [-0.2, -0.15) is 0 Å². The minimum atomic E-state index is -0.138. The summed E-state index contributed by atoms with van der Waals surface area (Å²) in [6.07, 6.45) is 0. The maximum Gasteiger partial charge on any atom is 0.128 e. The fraction of sp³-hybridized carbons (Fsp3) is 0.600. The summed E-state index contributed by atoms with van der Waals surface area (Å²) >= 11 is 0. The lowest BCUT2D eigenvalue weighted by Gasteiger charge is -2.30. The summed E-state index contributed by atoms with van der Waals surface area (Å²) in [6, 6.07) is 7.00. The minimum Gasteiger partial charge on any atom is -0.312 e. The summed E-state index contributed by atoms with van der Waals surface area (Å²) in [5.74, 6) is -0.138. The second kappa shape index (κ2) is 6.30. The Hall–Kier alpha value is -0.930. The highest BCUT2D eigenvalue weighted by Crippen LogP contribution is 2.20. The van der Waals surface area contributed by atoms with E-state index in [4.69, 9.17) is 0 Å². The smallest absolute Gasteiger partial charge is 0.128 e. The van der Waals surface area contributed by atoms with Gasteiger partial charge in [-0.15, -0.1) is 0 Å². The molecule has 1 aromatic carbocycles. The van der Waals surface area contributed by atoms with Gasteiger partial charge in [0.05, 0.1) is 0 Å². The number of halogens is 1. The lowest BCUT2D eigenvalue weighted by Crippen LogP contribution is -2.36. The van der Waals surface area contributed by atoms with E-state index in [-0.39, 0.29) is 17.3 Å². The van der Waals surface area contributed by atoms with Crippen LogP contribution < -0.4 is 5.32 Å². The summed E-state index contributed by atoms with van der Waals surface area (Å²) < 4.78 is 13.8. The molecule has 2 nitrogen and oxygen atoms in total. The second-order valence-electron chi connectivity index (χ2n) is 6.12. The van der Waals surface area contributed by atoms with E-state index in [1.54, 1.807) is 6.07 Å². The lowest BCUT2D eigenvalue weighted by molar-refractivity contribution is 0.209. The molecular formula is C15H25FN2. The molecule has 3 heteroatoms. The number of rotatable bonds is 5. The van der Waals surface area contributed by atoms with Crippen LogP contribution in [0.4, 0.5) is 4.39 Å². The summed E-state index contributed by atoms with van der Waals surface area (Å²) in [4.78, 5) is 2.24. The van der Waals surface area contributed by atoms with Gasteiger partial charge in [-0.3, -0.25) is 0 Å². The zero-order valence-corrected chi connectivity index (χ0v) is 12.1. The van der Waals surface area contributed by atoms with Gasteiger partial charge in [-0.05, 0) is 25.6 Å². The molecule has 0 heterocycles. The summed E-state index contributed by atoms with van der Waals surface area (Å²) in [6.45, 7) is 8.41. The third-order valence-electron chi connectivity index (χ3n) is 2.87. The molecule has 0 saturated heterocycles. The number of nitrogens with one attached hydrogen (secondary N) is 1. The highest BCUT2D eigenvalue weighted by molar-refractivity contribution is 5.21. The molecule has 0 aromatic heterocycles. The van der Waals surface area contributed by atoms with Crippen molar-refractivity contribution in [1.82, 2.24) is 10.2 Å². The molecule has 0 fully saturated rings. The van der Waals surface area contributed by atoms with Gasteiger partial charge in [-0.1, -0.05) is 39.0 Å². The molecule has 0 aliphatic rings. The molecule has 1 atom stereocenters. The summed E-state index contributed by atoms with van der Waals surface area (Å²) in [5, 5.41) is 3.19. The van der Waals surface area contributed by atoms with Gasteiger partial charge < -0.3 is 10.2 Å². The Morgan fingerprint density at radius 3 is 2.39 bits per heavy atom. The van der Waals surface area contributed by atoms with Gasteiger partial charge in [0.15, 0.2) is 0 Å². The fourth-order valence-corrected chi connectivity index (χ4v) is 2.29. The van der Waals surface area contributed by atoms with Crippen LogP contribution in [0.2, 0.25) is 0 Å². The Balaban J connectivity index is 2.71. The summed E-state index contributed by atoms with van der Waals surface area (Å²) in [5.41, 5.74) is 0.989. The van der Waals surface area contributed by atoms with E-state index in [0.29, 0.717) is 0 Å². The van der Waals surface area contributed by atoms with Crippen molar-refractivity contribution >= 4 is 0 Å². The van der Waals surface area contributed by atoms with Crippen molar-refractivity contribution in [2.24, 2.45) is 5.41 Å². The van der Waals surface area contributed by atoms with Crippen molar-refractivity contribution in [3.05, 3.63) is 35.6 Å². The first-order chi connectivity index (χ1) is 8.33. The quantitative estimate of drug-likeness (QED) is 0.866. The zero-order valence-electron chi connectivity index (χ0n) is 12.1. The van der Waals surface area contributed by atoms with Crippen molar-refractivity contribution in [3.8, 4) is 0 Å². The number of hydrogen-bond donors (Lipinski definition) is 1.